The molecule has 1 aromatic heterocycles. The Morgan fingerprint density at radius 3 is 2.71 bits per heavy atom. The first-order chi connectivity index (χ1) is 8.29. The summed E-state index contributed by atoms with van der Waals surface area (Å²) in [5.41, 5.74) is -0.00619. The summed E-state index contributed by atoms with van der Waals surface area (Å²) in [5, 5.41) is 8.57. The normalized spacial score (nSPS) is 9.65. The van der Waals surface area contributed by atoms with E-state index in [0.717, 1.165) is 0 Å². The molecule has 2 aromatic rings. The molecule has 0 N–H and O–H groups in total. The SMILES string of the molecule is N#Cc1ccc(OCc2ncccn2)cc1F. The smallest absolute Gasteiger partial charge is 0.166 e. The van der Waals surface area contributed by atoms with Crippen molar-refractivity contribution < 1.29 is 9.13 Å². The fourth-order valence-corrected chi connectivity index (χ4v) is 1.23. The monoisotopic (exact) mass is 229 g/mol. The van der Waals surface area contributed by atoms with Gasteiger partial charge in [-0.2, -0.15) is 5.26 Å². The number of hydrogen-bond acceptors (Lipinski definition) is 4. The topological polar surface area (TPSA) is 58.8 Å². The zero-order chi connectivity index (χ0) is 12.1. The molecule has 0 saturated heterocycles. The molecular formula is C12H8FN3O. The molecule has 4 nitrogen and oxygen atoms in total. The first kappa shape index (κ1) is 11.0. The van der Waals surface area contributed by atoms with E-state index in [9.17, 15) is 4.39 Å². The minimum Gasteiger partial charge on any atom is -0.486 e. The van der Waals surface area contributed by atoms with Crippen LogP contribution in [0.3, 0.4) is 0 Å². The average molecular weight is 229 g/mol. The molecule has 0 aliphatic heterocycles. The third-order valence-electron chi connectivity index (χ3n) is 2.05. The highest BCUT2D eigenvalue weighted by Gasteiger charge is 2.04. The molecule has 2 rings (SSSR count). The summed E-state index contributed by atoms with van der Waals surface area (Å²) in [5.74, 6) is 0.255. The fourth-order valence-electron chi connectivity index (χ4n) is 1.23. The summed E-state index contributed by atoms with van der Waals surface area (Å²) in [6.45, 7) is 0.159. The lowest BCUT2D eigenvalue weighted by Crippen LogP contribution is -2.00. The van der Waals surface area contributed by atoms with Gasteiger partial charge in [0.25, 0.3) is 0 Å². The summed E-state index contributed by atoms with van der Waals surface area (Å²) in [7, 11) is 0. The molecule has 0 spiro atoms. The van der Waals surface area contributed by atoms with E-state index in [0.29, 0.717) is 11.6 Å². The standard InChI is InChI=1S/C12H8FN3O/c13-11-6-10(3-2-9(11)7-14)17-8-12-15-4-1-5-16-12/h1-6H,8H2. The van der Waals surface area contributed by atoms with Crippen molar-refractivity contribution in [2.45, 2.75) is 6.61 Å². The van der Waals surface area contributed by atoms with Crippen LogP contribution < -0.4 is 4.74 Å². The Hall–Kier alpha value is -2.48. The van der Waals surface area contributed by atoms with Crippen LogP contribution in [-0.2, 0) is 6.61 Å². The van der Waals surface area contributed by atoms with Crippen LogP contribution in [0.25, 0.3) is 0 Å². The lowest BCUT2D eigenvalue weighted by molar-refractivity contribution is 0.294. The molecule has 0 atom stereocenters. The number of ether oxygens (including phenoxy) is 1. The van der Waals surface area contributed by atoms with Crippen molar-refractivity contribution in [1.82, 2.24) is 9.97 Å². The van der Waals surface area contributed by atoms with E-state index >= 15 is 0 Å². The number of aromatic nitrogens is 2. The van der Waals surface area contributed by atoms with Crippen LogP contribution >= 0.6 is 0 Å². The second-order valence-corrected chi connectivity index (χ2v) is 3.21. The Kier molecular flexibility index (Phi) is 3.26. The maximum absolute atomic E-state index is 13.2. The number of hydrogen-bond donors (Lipinski definition) is 0. The van der Waals surface area contributed by atoms with Crippen molar-refractivity contribution in [3.8, 4) is 11.8 Å². The minimum absolute atomic E-state index is 0.00619. The van der Waals surface area contributed by atoms with Gasteiger partial charge in [0.1, 0.15) is 24.2 Å². The van der Waals surface area contributed by atoms with Crippen molar-refractivity contribution in [1.29, 1.82) is 5.26 Å². The predicted octanol–water partition coefficient (Wildman–Crippen LogP) is 2.07. The molecule has 0 saturated carbocycles. The summed E-state index contributed by atoms with van der Waals surface area (Å²) in [4.78, 5) is 7.94. The van der Waals surface area contributed by atoms with E-state index in [1.807, 2.05) is 0 Å². The maximum Gasteiger partial charge on any atom is 0.166 e. The number of halogens is 1. The summed E-state index contributed by atoms with van der Waals surface area (Å²) >= 11 is 0. The lowest BCUT2D eigenvalue weighted by Gasteiger charge is -2.05. The zero-order valence-corrected chi connectivity index (χ0v) is 8.80. The molecule has 0 amide bonds. The van der Waals surface area contributed by atoms with Gasteiger partial charge in [0.15, 0.2) is 5.82 Å². The largest absolute Gasteiger partial charge is 0.486 e. The fraction of sp³-hybridized carbons (Fsp3) is 0.0833. The highest BCUT2D eigenvalue weighted by Crippen LogP contribution is 2.16. The average Bonchev–Trinajstić information content (AvgIpc) is 2.38. The van der Waals surface area contributed by atoms with Gasteiger partial charge in [-0.25, -0.2) is 14.4 Å². The molecule has 0 bridgehead atoms. The summed E-state index contributed by atoms with van der Waals surface area (Å²) in [6, 6.07) is 7.51. The molecule has 1 aromatic carbocycles. The maximum atomic E-state index is 13.2. The first-order valence-corrected chi connectivity index (χ1v) is 4.88. The van der Waals surface area contributed by atoms with Crippen molar-refractivity contribution in [2.75, 3.05) is 0 Å². The van der Waals surface area contributed by atoms with Crippen LogP contribution in [0.2, 0.25) is 0 Å². The van der Waals surface area contributed by atoms with Gasteiger partial charge in [0.2, 0.25) is 0 Å². The van der Waals surface area contributed by atoms with E-state index in [-0.39, 0.29) is 12.2 Å². The molecule has 5 heteroatoms. The minimum atomic E-state index is -0.598. The first-order valence-electron chi connectivity index (χ1n) is 4.88. The Bertz CT molecular complexity index is 551. The van der Waals surface area contributed by atoms with Crippen molar-refractivity contribution in [2.24, 2.45) is 0 Å². The Balaban J connectivity index is 2.06. The van der Waals surface area contributed by atoms with Gasteiger partial charge in [0, 0.05) is 18.5 Å². The van der Waals surface area contributed by atoms with Gasteiger partial charge in [-0.3, -0.25) is 0 Å². The lowest BCUT2D eigenvalue weighted by atomic mass is 10.2. The Morgan fingerprint density at radius 1 is 1.29 bits per heavy atom. The number of nitrogens with zero attached hydrogens (tertiary/aromatic N) is 3. The third-order valence-corrected chi connectivity index (χ3v) is 2.05. The van der Waals surface area contributed by atoms with Gasteiger partial charge in [-0.15, -0.1) is 0 Å². The van der Waals surface area contributed by atoms with Gasteiger partial charge >= 0.3 is 0 Å². The van der Waals surface area contributed by atoms with Crippen molar-refractivity contribution in [3.63, 3.8) is 0 Å². The van der Waals surface area contributed by atoms with Gasteiger partial charge in [-0.05, 0) is 18.2 Å². The van der Waals surface area contributed by atoms with E-state index in [2.05, 4.69) is 9.97 Å². The molecule has 0 fully saturated rings. The molecule has 0 aliphatic rings. The summed E-state index contributed by atoms with van der Waals surface area (Å²) < 4.78 is 18.5. The molecule has 0 unspecified atom stereocenters. The second kappa shape index (κ2) is 5.03. The Morgan fingerprint density at radius 2 is 2.06 bits per heavy atom. The van der Waals surface area contributed by atoms with Gasteiger partial charge in [-0.1, -0.05) is 0 Å². The molecular weight excluding hydrogens is 221 g/mol. The van der Waals surface area contributed by atoms with Crippen LogP contribution in [0.15, 0.2) is 36.7 Å². The van der Waals surface area contributed by atoms with Gasteiger partial charge < -0.3 is 4.74 Å². The molecule has 0 aliphatic carbocycles. The van der Waals surface area contributed by atoms with Crippen molar-refractivity contribution >= 4 is 0 Å². The van der Waals surface area contributed by atoms with Crippen LogP contribution in [0.1, 0.15) is 11.4 Å². The van der Waals surface area contributed by atoms with Gasteiger partial charge in [0.05, 0.1) is 5.56 Å². The van der Waals surface area contributed by atoms with Crippen LogP contribution in [-0.4, -0.2) is 9.97 Å². The molecule has 1 heterocycles. The quantitative estimate of drug-likeness (QED) is 0.808. The van der Waals surface area contributed by atoms with Crippen molar-refractivity contribution in [3.05, 3.63) is 53.9 Å². The molecule has 0 radical (unpaired) electrons. The van der Waals surface area contributed by atoms with E-state index in [4.69, 9.17) is 10.00 Å². The number of rotatable bonds is 3. The molecule has 17 heavy (non-hydrogen) atoms. The number of benzene rings is 1. The highest BCUT2D eigenvalue weighted by atomic mass is 19.1. The second-order valence-electron chi connectivity index (χ2n) is 3.21. The summed E-state index contributed by atoms with van der Waals surface area (Å²) in [6.07, 6.45) is 3.20. The number of nitriles is 1. The van der Waals surface area contributed by atoms with E-state index in [1.165, 1.54) is 18.2 Å². The molecule has 84 valence electrons. The van der Waals surface area contributed by atoms with Crippen LogP contribution in [0.4, 0.5) is 4.39 Å². The third kappa shape index (κ3) is 2.75. The van der Waals surface area contributed by atoms with E-state index in [1.54, 1.807) is 24.5 Å². The predicted molar refractivity (Wildman–Crippen MR) is 57.5 cm³/mol. The van der Waals surface area contributed by atoms with Crippen LogP contribution in [0.5, 0.6) is 5.75 Å². The highest BCUT2D eigenvalue weighted by molar-refractivity contribution is 5.36. The Labute approximate surface area is 97.3 Å². The zero-order valence-electron chi connectivity index (χ0n) is 8.80. The van der Waals surface area contributed by atoms with Crippen LogP contribution in [0, 0.1) is 17.1 Å². The van der Waals surface area contributed by atoms with E-state index < -0.39 is 5.82 Å².